The van der Waals surface area contributed by atoms with E-state index in [1.165, 1.54) is 7.11 Å². The lowest BCUT2D eigenvalue weighted by Crippen LogP contribution is -2.48. The monoisotopic (exact) mass is 260 g/mol. The van der Waals surface area contributed by atoms with E-state index in [9.17, 15) is 4.79 Å². The fourth-order valence-corrected chi connectivity index (χ4v) is 2.10. The van der Waals surface area contributed by atoms with E-state index in [1.54, 1.807) is 18.3 Å². The van der Waals surface area contributed by atoms with Crippen molar-refractivity contribution in [3.05, 3.63) is 23.9 Å². The van der Waals surface area contributed by atoms with Crippen LogP contribution in [0.4, 0.5) is 5.82 Å². The first kappa shape index (κ1) is 13.3. The van der Waals surface area contributed by atoms with Gasteiger partial charge in [-0.15, -0.1) is 0 Å². The largest absolute Gasteiger partial charge is 0.468 e. The molecule has 0 amide bonds. The molecule has 2 heterocycles. The zero-order chi connectivity index (χ0) is 13.7. The van der Waals surface area contributed by atoms with E-state index in [-0.39, 0.29) is 5.97 Å². The van der Waals surface area contributed by atoms with Crippen LogP contribution >= 0.6 is 0 Å². The van der Waals surface area contributed by atoms with Crippen molar-refractivity contribution in [3.8, 4) is 6.07 Å². The molecule has 1 saturated heterocycles. The van der Waals surface area contributed by atoms with Crippen molar-refractivity contribution >= 4 is 11.8 Å². The Morgan fingerprint density at radius 2 is 2.21 bits per heavy atom. The van der Waals surface area contributed by atoms with Crippen molar-refractivity contribution in [1.29, 1.82) is 5.26 Å². The molecule has 0 aliphatic carbocycles. The molecular weight excluding hydrogens is 244 g/mol. The Balaban J connectivity index is 1.97. The Hall–Kier alpha value is -2.13. The maximum Gasteiger partial charge on any atom is 0.319 e. The molecule has 0 bridgehead atoms. The van der Waals surface area contributed by atoms with Gasteiger partial charge < -0.3 is 9.64 Å². The molecule has 6 heteroatoms. The number of nitrogens with zero attached hydrogens (tertiary/aromatic N) is 4. The van der Waals surface area contributed by atoms with E-state index >= 15 is 0 Å². The topological polar surface area (TPSA) is 69.5 Å². The third-order valence-corrected chi connectivity index (χ3v) is 3.16. The van der Waals surface area contributed by atoms with Crippen LogP contribution in [0.3, 0.4) is 0 Å². The first-order valence-corrected chi connectivity index (χ1v) is 6.14. The lowest BCUT2D eigenvalue weighted by molar-refractivity contribution is -0.142. The second-order valence-corrected chi connectivity index (χ2v) is 4.33. The Kier molecular flexibility index (Phi) is 4.31. The molecule has 0 atom stereocenters. The van der Waals surface area contributed by atoms with Crippen molar-refractivity contribution in [2.45, 2.75) is 0 Å². The number of nitriles is 1. The zero-order valence-corrected chi connectivity index (χ0v) is 10.9. The molecule has 1 aliphatic heterocycles. The molecular formula is C13H16N4O2. The molecule has 1 aromatic rings. The third-order valence-electron chi connectivity index (χ3n) is 3.16. The van der Waals surface area contributed by atoms with Gasteiger partial charge in [0.2, 0.25) is 0 Å². The number of methoxy groups -OCH3 is 1. The van der Waals surface area contributed by atoms with Gasteiger partial charge in [0.15, 0.2) is 0 Å². The number of esters is 1. The SMILES string of the molecule is COC(=O)CN1CCN(c2ncccc2C#N)CC1. The molecule has 6 nitrogen and oxygen atoms in total. The Bertz CT molecular complexity index is 490. The van der Waals surface area contributed by atoms with Crippen LogP contribution in [0.15, 0.2) is 18.3 Å². The van der Waals surface area contributed by atoms with Gasteiger partial charge in [0.25, 0.3) is 0 Å². The molecule has 0 unspecified atom stereocenters. The van der Waals surface area contributed by atoms with Gasteiger partial charge in [0.05, 0.1) is 19.2 Å². The standard InChI is InChI=1S/C13H16N4O2/c1-19-12(18)10-16-5-7-17(8-6-16)13-11(9-14)3-2-4-15-13/h2-4H,5-8,10H2,1H3. The van der Waals surface area contributed by atoms with Crippen molar-refractivity contribution in [3.63, 3.8) is 0 Å². The minimum absolute atomic E-state index is 0.219. The van der Waals surface area contributed by atoms with E-state index in [0.29, 0.717) is 12.1 Å². The second kappa shape index (κ2) is 6.16. The van der Waals surface area contributed by atoms with Crippen molar-refractivity contribution < 1.29 is 9.53 Å². The van der Waals surface area contributed by atoms with Gasteiger partial charge in [-0.05, 0) is 12.1 Å². The maximum atomic E-state index is 11.2. The highest BCUT2D eigenvalue weighted by atomic mass is 16.5. The van der Waals surface area contributed by atoms with Gasteiger partial charge in [0.1, 0.15) is 11.9 Å². The summed E-state index contributed by atoms with van der Waals surface area (Å²) in [7, 11) is 1.39. The summed E-state index contributed by atoms with van der Waals surface area (Å²) >= 11 is 0. The molecule has 0 aromatic carbocycles. The van der Waals surface area contributed by atoms with Crippen LogP contribution in [-0.2, 0) is 9.53 Å². The minimum atomic E-state index is -0.219. The molecule has 19 heavy (non-hydrogen) atoms. The number of pyridine rings is 1. The van der Waals surface area contributed by atoms with E-state index in [2.05, 4.69) is 20.7 Å². The molecule has 0 spiro atoms. The minimum Gasteiger partial charge on any atom is -0.468 e. The summed E-state index contributed by atoms with van der Waals surface area (Å²) in [5.41, 5.74) is 0.587. The summed E-state index contributed by atoms with van der Waals surface area (Å²) in [6.45, 7) is 3.34. The smallest absolute Gasteiger partial charge is 0.319 e. The van der Waals surface area contributed by atoms with Gasteiger partial charge in [-0.25, -0.2) is 4.98 Å². The molecule has 0 radical (unpaired) electrons. The van der Waals surface area contributed by atoms with Crippen LogP contribution in [0.2, 0.25) is 0 Å². The third kappa shape index (κ3) is 3.20. The highest BCUT2D eigenvalue weighted by molar-refractivity contribution is 5.71. The maximum absolute atomic E-state index is 11.2. The zero-order valence-electron chi connectivity index (χ0n) is 10.9. The number of hydrogen-bond donors (Lipinski definition) is 0. The van der Waals surface area contributed by atoms with Gasteiger partial charge in [0, 0.05) is 32.4 Å². The molecule has 1 fully saturated rings. The highest BCUT2D eigenvalue weighted by Gasteiger charge is 2.21. The first-order valence-electron chi connectivity index (χ1n) is 6.14. The number of rotatable bonds is 3. The average molecular weight is 260 g/mol. The van der Waals surface area contributed by atoms with Crippen LogP contribution in [0, 0.1) is 11.3 Å². The summed E-state index contributed by atoms with van der Waals surface area (Å²) in [5, 5.41) is 9.06. The summed E-state index contributed by atoms with van der Waals surface area (Å²) in [6.07, 6.45) is 1.69. The normalized spacial score (nSPS) is 15.9. The van der Waals surface area contributed by atoms with Gasteiger partial charge in [-0.2, -0.15) is 5.26 Å². The van der Waals surface area contributed by atoms with Crippen LogP contribution in [0.25, 0.3) is 0 Å². The average Bonchev–Trinajstić information content (AvgIpc) is 2.48. The lowest BCUT2D eigenvalue weighted by atomic mass is 10.2. The van der Waals surface area contributed by atoms with Crippen molar-refractivity contribution in [1.82, 2.24) is 9.88 Å². The number of carbonyl (C=O) groups is 1. The Morgan fingerprint density at radius 3 is 2.84 bits per heavy atom. The van der Waals surface area contributed by atoms with Crippen LogP contribution < -0.4 is 4.90 Å². The number of anilines is 1. The predicted molar refractivity (Wildman–Crippen MR) is 69.6 cm³/mol. The summed E-state index contributed by atoms with van der Waals surface area (Å²) in [4.78, 5) is 19.6. The fraction of sp³-hybridized carbons (Fsp3) is 0.462. The van der Waals surface area contributed by atoms with Crippen LogP contribution in [0.1, 0.15) is 5.56 Å². The molecule has 2 rings (SSSR count). The van der Waals surface area contributed by atoms with Crippen LogP contribution in [-0.4, -0.2) is 55.7 Å². The van der Waals surface area contributed by atoms with Crippen molar-refractivity contribution in [2.24, 2.45) is 0 Å². The molecule has 0 N–H and O–H groups in total. The number of hydrogen-bond acceptors (Lipinski definition) is 6. The Morgan fingerprint density at radius 1 is 1.47 bits per heavy atom. The fourth-order valence-electron chi connectivity index (χ4n) is 2.10. The number of carbonyl (C=O) groups excluding carboxylic acids is 1. The first-order chi connectivity index (χ1) is 9.24. The number of piperazine rings is 1. The Labute approximate surface area is 112 Å². The van der Waals surface area contributed by atoms with Crippen LogP contribution in [0.5, 0.6) is 0 Å². The molecule has 1 aromatic heterocycles. The number of ether oxygens (including phenoxy) is 1. The summed E-state index contributed by atoms with van der Waals surface area (Å²) < 4.78 is 4.65. The van der Waals surface area contributed by atoms with E-state index in [0.717, 1.165) is 32.0 Å². The van der Waals surface area contributed by atoms with E-state index in [1.807, 2.05) is 4.90 Å². The summed E-state index contributed by atoms with van der Waals surface area (Å²) in [6, 6.07) is 5.68. The predicted octanol–water partition coefficient (Wildman–Crippen LogP) is 0.248. The molecule has 1 aliphatic rings. The molecule has 100 valence electrons. The number of aromatic nitrogens is 1. The van der Waals surface area contributed by atoms with Gasteiger partial charge in [-0.3, -0.25) is 9.69 Å². The van der Waals surface area contributed by atoms with E-state index in [4.69, 9.17) is 5.26 Å². The summed E-state index contributed by atoms with van der Waals surface area (Å²) in [5.74, 6) is 0.506. The quantitative estimate of drug-likeness (QED) is 0.726. The second-order valence-electron chi connectivity index (χ2n) is 4.33. The molecule has 0 saturated carbocycles. The van der Waals surface area contributed by atoms with Crippen molar-refractivity contribution in [2.75, 3.05) is 44.7 Å². The van der Waals surface area contributed by atoms with Gasteiger partial charge in [-0.1, -0.05) is 0 Å². The van der Waals surface area contributed by atoms with Gasteiger partial charge >= 0.3 is 5.97 Å². The lowest BCUT2D eigenvalue weighted by Gasteiger charge is -2.34. The van der Waals surface area contributed by atoms with E-state index < -0.39 is 0 Å². The highest BCUT2D eigenvalue weighted by Crippen LogP contribution is 2.17.